The third-order valence-corrected chi connectivity index (χ3v) is 5.83. The van der Waals surface area contributed by atoms with Gasteiger partial charge in [0.2, 0.25) is 5.91 Å². The number of carbonyl (C=O) groups is 2. The Morgan fingerprint density at radius 3 is 2.97 bits per heavy atom. The summed E-state index contributed by atoms with van der Waals surface area (Å²) in [6, 6.07) is 10.8. The molecule has 2 aromatic rings. The van der Waals surface area contributed by atoms with Gasteiger partial charge in [-0.2, -0.15) is 0 Å². The molecule has 1 saturated heterocycles. The zero-order valence-corrected chi connectivity index (χ0v) is 17.5. The number of nitrogens with one attached hydrogen (secondary N) is 2. The molecule has 158 valence electrons. The first kappa shape index (κ1) is 20.5. The van der Waals surface area contributed by atoms with Crippen LogP contribution in [0, 0.1) is 5.92 Å². The van der Waals surface area contributed by atoms with Gasteiger partial charge in [0.1, 0.15) is 11.9 Å². The summed E-state index contributed by atoms with van der Waals surface area (Å²) in [5, 5.41) is 6.69. The summed E-state index contributed by atoms with van der Waals surface area (Å²) >= 11 is 6.02. The monoisotopic (exact) mass is 428 g/mol. The van der Waals surface area contributed by atoms with Gasteiger partial charge >= 0.3 is 0 Å². The molecule has 1 aromatic heterocycles. The van der Waals surface area contributed by atoms with E-state index >= 15 is 0 Å². The topological polar surface area (TPSA) is 80.6 Å². The molecule has 7 heteroatoms. The van der Waals surface area contributed by atoms with Crippen LogP contribution in [0.5, 0.6) is 0 Å². The maximum Gasteiger partial charge on any atom is 0.286 e. The molecule has 1 saturated carbocycles. The van der Waals surface area contributed by atoms with Crippen LogP contribution in [-0.2, 0) is 20.7 Å². The van der Waals surface area contributed by atoms with E-state index in [0.717, 1.165) is 17.7 Å². The van der Waals surface area contributed by atoms with Crippen molar-refractivity contribution in [1.29, 1.82) is 0 Å². The summed E-state index contributed by atoms with van der Waals surface area (Å²) in [6.07, 6.45) is 5.86. The third-order valence-electron chi connectivity index (χ3n) is 5.60. The molecule has 4 rings (SSSR count). The number of amides is 2. The minimum atomic E-state index is -0.261. The highest BCUT2D eigenvalue weighted by molar-refractivity contribution is 6.30. The van der Waals surface area contributed by atoms with Crippen molar-refractivity contribution >= 4 is 29.5 Å². The van der Waals surface area contributed by atoms with Crippen molar-refractivity contribution in [3.8, 4) is 0 Å². The Morgan fingerprint density at radius 2 is 2.20 bits per heavy atom. The molecule has 2 aliphatic rings. The van der Waals surface area contributed by atoms with Crippen LogP contribution in [0.4, 0.5) is 0 Å². The number of furan rings is 1. The predicted molar refractivity (Wildman–Crippen MR) is 114 cm³/mol. The minimum absolute atomic E-state index is 0.0158. The first-order valence-corrected chi connectivity index (χ1v) is 10.6. The first-order chi connectivity index (χ1) is 14.5. The molecule has 2 heterocycles. The highest BCUT2D eigenvalue weighted by Crippen LogP contribution is 2.32. The Kier molecular flexibility index (Phi) is 6.13. The van der Waals surface area contributed by atoms with Crippen molar-refractivity contribution < 1.29 is 18.7 Å². The van der Waals surface area contributed by atoms with Crippen LogP contribution in [0.2, 0.25) is 5.02 Å². The van der Waals surface area contributed by atoms with Crippen LogP contribution in [-0.4, -0.2) is 30.0 Å². The van der Waals surface area contributed by atoms with Gasteiger partial charge in [-0.05, 0) is 62.1 Å². The molecule has 30 heavy (non-hydrogen) atoms. The number of morpholine rings is 1. The Balaban J connectivity index is 1.34. The molecule has 2 amide bonds. The maximum absolute atomic E-state index is 12.7. The molecule has 1 aliphatic carbocycles. The third kappa shape index (κ3) is 4.87. The second-order valence-corrected chi connectivity index (χ2v) is 8.44. The normalized spacial score (nSPS) is 25.7. The van der Waals surface area contributed by atoms with Gasteiger partial charge in [0.25, 0.3) is 5.91 Å². The number of carbonyl (C=O) groups excluding carboxylic acids is 2. The van der Waals surface area contributed by atoms with E-state index in [9.17, 15) is 9.59 Å². The van der Waals surface area contributed by atoms with Gasteiger partial charge in [-0.3, -0.25) is 9.59 Å². The molecular weight excluding hydrogens is 404 g/mol. The molecule has 1 aromatic carbocycles. The SMILES string of the molecule is CC(Cc1ccco1)NC(=O)C1CCC2O/C(=C\c3cccc(Cl)c3)C(=O)NC2C1. The van der Waals surface area contributed by atoms with Gasteiger partial charge < -0.3 is 19.8 Å². The van der Waals surface area contributed by atoms with Crippen molar-refractivity contribution in [3.63, 3.8) is 0 Å². The predicted octanol–water partition coefficient (Wildman–Crippen LogP) is 3.71. The molecule has 4 unspecified atom stereocenters. The van der Waals surface area contributed by atoms with Crippen LogP contribution >= 0.6 is 11.6 Å². The highest BCUT2D eigenvalue weighted by atomic mass is 35.5. The average molecular weight is 429 g/mol. The van der Waals surface area contributed by atoms with Crippen molar-refractivity contribution in [2.24, 2.45) is 5.92 Å². The van der Waals surface area contributed by atoms with Crippen molar-refractivity contribution in [3.05, 3.63) is 64.8 Å². The Bertz CT molecular complexity index is 940. The summed E-state index contributed by atoms with van der Waals surface area (Å²) in [7, 11) is 0. The van der Waals surface area contributed by atoms with Gasteiger partial charge in [0, 0.05) is 23.4 Å². The molecular formula is C23H25ClN2O4. The summed E-state index contributed by atoms with van der Waals surface area (Å²) in [4.78, 5) is 25.2. The van der Waals surface area contributed by atoms with Gasteiger partial charge in [0.15, 0.2) is 5.76 Å². The van der Waals surface area contributed by atoms with E-state index in [1.54, 1.807) is 24.5 Å². The fraction of sp³-hybridized carbons (Fsp3) is 0.391. The zero-order chi connectivity index (χ0) is 21.1. The maximum atomic E-state index is 12.7. The van der Waals surface area contributed by atoms with Gasteiger partial charge in [-0.25, -0.2) is 0 Å². The van der Waals surface area contributed by atoms with E-state index < -0.39 is 0 Å². The van der Waals surface area contributed by atoms with Crippen LogP contribution in [0.3, 0.4) is 0 Å². The van der Waals surface area contributed by atoms with Gasteiger partial charge in [-0.15, -0.1) is 0 Å². The largest absolute Gasteiger partial charge is 0.483 e. The molecule has 1 aliphatic heterocycles. The zero-order valence-electron chi connectivity index (χ0n) is 16.8. The smallest absolute Gasteiger partial charge is 0.286 e. The van der Waals surface area contributed by atoms with Crippen LogP contribution in [0.1, 0.15) is 37.5 Å². The van der Waals surface area contributed by atoms with Crippen molar-refractivity contribution in [2.75, 3.05) is 0 Å². The number of hydrogen-bond donors (Lipinski definition) is 2. The Labute approximate surface area is 180 Å². The molecule has 4 atom stereocenters. The van der Waals surface area contributed by atoms with E-state index in [1.165, 1.54) is 0 Å². The van der Waals surface area contributed by atoms with Crippen molar-refractivity contribution in [2.45, 2.75) is 50.8 Å². The lowest BCUT2D eigenvalue weighted by atomic mass is 9.82. The average Bonchev–Trinajstić information content (AvgIpc) is 3.21. The van der Waals surface area contributed by atoms with E-state index in [1.807, 2.05) is 31.2 Å². The second-order valence-electron chi connectivity index (χ2n) is 8.00. The fourth-order valence-electron chi connectivity index (χ4n) is 4.12. The molecule has 0 bridgehead atoms. The van der Waals surface area contributed by atoms with Gasteiger partial charge in [0.05, 0.1) is 12.3 Å². The summed E-state index contributed by atoms with van der Waals surface area (Å²) in [5.41, 5.74) is 0.810. The molecule has 0 radical (unpaired) electrons. The Hall–Kier alpha value is -2.73. The Morgan fingerprint density at radius 1 is 1.33 bits per heavy atom. The summed E-state index contributed by atoms with van der Waals surface area (Å²) < 4.78 is 11.3. The van der Waals surface area contributed by atoms with Gasteiger partial charge in [-0.1, -0.05) is 23.7 Å². The number of benzene rings is 1. The highest BCUT2D eigenvalue weighted by Gasteiger charge is 2.40. The molecule has 0 spiro atoms. The van der Waals surface area contributed by atoms with Crippen molar-refractivity contribution in [1.82, 2.24) is 10.6 Å². The fourth-order valence-corrected chi connectivity index (χ4v) is 4.32. The summed E-state index contributed by atoms with van der Waals surface area (Å²) in [5.74, 6) is 0.741. The lowest BCUT2D eigenvalue weighted by Crippen LogP contribution is -2.55. The van der Waals surface area contributed by atoms with E-state index in [4.69, 9.17) is 20.8 Å². The number of halogens is 1. The minimum Gasteiger partial charge on any atom is -0.483 e. The lowest BCUT2D eigenvalue weighted by molar-refractivity contribution is -0.135. The van der Waals surface area contributed by atoms with E-state index in [-0.39, 0.29) is 41.7 Å². The molecule has 2 N–H and O–H groups in total. The number of hydrogen-bond acceptors (Lipinski definition) is 4. The summed E-state index contributed by atoms with van der Waals surface area (Å²) in [6.45, 7) is 1.96. The van der Waals surface area contributed by atoms with Crippen LogP contribution in [0.25, 0.3) is 6.08 Å². The molecule has 6 nitrogen and oxygen atoms in total. The van der Waals surface area contributed by atoms with E-state index in [2.05, 4.69) is 10.6 Å². The number of fused-ring (bicyclic) bond motifs is 1. The van der Waals surface area contributed by atoms with E-state index in [0.29, 0.717) is 24.3 Å². The van der Waals surface area contributed by atoms with Crippen LogP contribution < -0.4 is 10.6 Å². The second kappa shape index (κ2) is 8.96. The first-order valence-electron chi connectivity index (χ1n) is 10.3. The quantitative estimate of drug-likeness (QED) is 0.711. The standard InChI is InChI=1S/C23H25ClN2O4/c1-14(10-18-6-3-9-29-18)25-22(27)16-7-8-20-19(13-16)26-23(28)21(30-20)12-15-4-2-5-17(24)11-15/h2-6,9,11-12,14,16,19-20H,7-8,10,13H2,1H3,(H,25,27)(H,26,28)/b21-12-. The van der Waals surface area contributed by atoms with Crippen LogP contribution in [0.15, 0.2) is 52.8 Å². The number of rotatable bonds is 5. The number of ether oxygens (including phenoxy) is 1. The lowest BCUT2D eigenvalue weighted by Gasteiger charge is -2.40. The molecule has 2 fully saturated rings.